The lowest BCUT2D eigenvalue weighted by molar-refractivity contribution is 0.0696. The third-order valence-corrected chi connectivity index (χ3v) is 3.06. The highest BCUT2D eigenvalue weighted by Gasteiger charge is 2.07. The summed E-state index contributed by atoms with van der Waals surface area (Å²) < 4.78 is 0.795. The minimum absolute atomic E-state index is 0.193. The molecule has 2 N–H and O–H groups in total. The van der Waals surface area contributed by atoms with Crippen LogP contribution < -0.4 is 5.32 Å². The molecule has 0 unspecified atom stereocenters. The van der Waals surface area contributed by atoms with Gasteiger partial charge in [-0.2, -0.15) is 0 Å². The maximum absolute atomic E-state index is 11.8. The zero-order valence-electron chi connectivity index (χ0n) is 10.3. The van der Waals surface area contributed by atoms with Gasteiger partial charge in [0.15, 0.2) is 0 Å². The molecule has 5 nitrogen and oxygen atoms in total. The largest absolute Gasteiger partial charge is 0.478 e. The predicted molar refractivity (Wildman–Crippen MR) is 76.5 cm³/mol. The van der Waals surface area contributed by atoms with Crippen LogP contribution in [-0.2, 0) is 6.54 Å². The van der Waals surface area contributed by atoms with E-state index in [9.17, 15) is 9.59 Å². The van der Waals surface area contributed by atoms with E-state index in [1.54, 1.807) is 30.5 Å². The van der Waals surface area contributed by atoms with E-state index in [4.69, 9.17) is 5.11 Å². The normalized spacial score (nSPS) is 10.1. The Labute approximate surface area is 123 Å². The van der Waals surface area contributed by atoms with Crippen LogP contribution >= 0.6 is 15.9 Å². The molecule has 1 aromatic carbocycles. The molecule has 0 aliphatic carbocycles. The van der Waals surface area contributed by atoms with E-state index in [1.165, 1.54) is 12.1 Å². The molecule has 20 heavy (non-hydrogen) atoms. The highest BCUT2D eigenvalue weighted by atomic mass is 79.9. The average molecular weight is 335 g/mol. The number of aromatic carboxylic acids is 1. The van der Waals surface area contributed by atoms with Crippen molar-refractivity contribution in [3.63, 3.8) is 0 Å². The van der Waals surface area contributed by atoms with Gasteiger partial charge in [-0.1, -0.05) is 12.1 Å². The number of halogens is 1. The van der Waals surface area contributed by atoms with E-state index < -0.39 is 5.97 Å². The van der Waals surface area contributed by atoms with Crippen LogP contribution in [0.15, 0.2) is 47.1 Å². The second-order valence-corrected chi connectivity index (χ2v) is 4.97. The zero-order chi connectivity index (χ0) is 14.5. The molecule has 6 heteroatoms. The molecule has 2 aromatic rings. The molecule has 0 bridgehead atoms. The molecule has 0 aliphatic rings. The van der Waals surface area contributed by atoms with Crippen LogP contribution in [0.2, 0.25) is 0 Å². The summed E-state index contributed by atoms with van der Waals surface area (Å²) in [6.45, 7) is 0.248. The van der Waals surface area contributed by atoms with Crippen LogP contribution in [0, 0.1) is 0 Å². The van der Waals surface area contributed by atoms with Crippen molar-refractivity contribution in [2.75, 3.05) is 0 Å². The van der Waals surface area contributed by atoms with Gasteiger partial charge in [0.2, 0.25) is 0 Å². The second-order valence-electron chi connectivity index (χ2n) is 4.05. The Morgan fingerprint density at radius 2 is 2.05 bits per heavy atom. The molecule has 0 fully saturated rings. The van der Waals surface area contributed by atoms with Crippen LogP contribution in [0.3, 0.4) is 0 Å². The Morgan fingerprint density at radius 3 is 2.70 bits per heavy atom. The van der Waals surface area contributed by atoms with Crippen LogP contribution in [0.25, 0.3) is 0 Å². The summed E-state index contributed by atoms with van der Waals surface area (Å²) in [6.07, 6.45) is 1.54. The van der Waals surface area contributed by atoms with Crippen molar-refractivity contribution in [1.29, 1.82) is 0 Å². The molecule has 0 atom stereocenters. The molecule has 0 saturated heterocycles. The first kappa shape index (κ1) is 14.2. The molecule has 0 aliphatic heterocycles. The molecule has 0 spiro atoms. The average Bonchev–Trinajstić information content (AvgIpc) is 2.46. The van der Waals surface area contributed by atoms with Gasteiger partial charge in [-0.05, 0) is 45.8 Å². The number of nitrogens with zero attached hydrogens (tertiary/aromatic N) is 1. The maximum Gasteiger partial charge on any atom is 0.335 e. The number of hydrogen-bond donors (Lipinski definition) is 2. The number of carboxylic acids is 1. The number of amides is 1. The van der Waals surface area contributed by atoms with Crippen molar-refractivity contribution in [3.8, 4) is 0 Å². The number of carbonyl (C=O) groups excluding carboxylic acids is 1. The number of pyridine rings is 1. The third kappa shape index (κ3) is 3.64. The Balaban J connectivity index is 2.01. The summed E-state index contributed by atoms with van der Waals surface area (Å²) in [6, 6.07) is 9.76. The number of carboxylic acid groups (broad SMARTS) is 1. The number of nitrogens with one attached hydrogen (secondary N) is 1. The lowest BCUT2D eigenvalue weighted by atomic mass is 10.1. The number of aromatic nitrogens is 1. The minimum atomic E-state index is -0.993. The highest BCUT2D eigenvalue weighted by Crippen LogP contribution is 2.08. The molecule has 0 radical (unpaired) electrons. The molecule has 2 rings (SSSR count). The molecular weight excluding hydrogens is 324 g/mol. The molecule has 102 valence electrons. The molecule has 0 saturated carbocycles. The van der Waals surface area contributed by atoms with Crippen LogP contribution in [-0.4, -0.2) is 22.0 Å². The van der Waals surface area contributed by atoms with E-state index >= 15 is 0 Å². The lowest BCUT2D eigenvalue weighted by Gasteiger charge is -2.05. The summed E-state index contributed by atoms with van der Waals surface area (Å²) in [5, 5.41) is 11.6. The summed E-state index contributed by atoms with van der Waals surface area (Å²) in [5.41, 5.74) is 1.22. The summed E-state index contributed by atoms with van der Waals surface area (Å²) in [4.78, 5) is 26.7. The Kier molecular flexibility index (Phi) is 4.47. The van der Waals surface area contributed by atoms with Gasteiger partial charge >= 0.3 is 5.97 Å². The fraction of sp³-hybridized carbons (Fsp3) is 0.0714. The maximum atomic E-state index is 11.8. The van der Waals surface area contributed by atoms with Gasteiger partial charge in [-0.15, -0.1) is 0 Å². The first-order chi connectivity index (χ1) is 9.56. The Morgan fingerprint density at radius 1 is 1.25 bits per heavy atom. The van der Waals surface area contributed by atoms with Crippen LogP contribution in [0.4, 0.5) is 0 Å². The predicted octanol–water partition coefficient (Wildman–Crippen LogP) is 2.47. The van der Waals surface area contributed by atoms with E-state index in [0.29, 0.717) is 5.69 Å². The molecule has 1 heterocycles. The van der Waals surface area contributed by atoms with E-state index in [-0.39, 0.29) is 18.0 Å². The Hall–Kier alpha value is -2.21. The van der Waals surface area contributed by atoms with Crippen LogP contribution in [0.1, 0.15) is 26.4 Å². The van der Waals surface area contributed by atoms with Crippen molar-refractivity contribution < 1.29 is 14.7 Å². The highest BCUT2D eigenvalue weighted by molar-refractivity contribution is 9.10. The quantitative estimate of drug-likeness (QED) is 0.900. The number of rotatable bonds is 4. The number of benzene rings is 1. The van der Waals surface area contributed by atoms with Gasteiger partial charge in [0.1, 0.15) is 5.69 Å². The molecule has 1 amide bonds. The van der Waals surface area contributed by atoms with Crippen molar-refractivity contribution in [1.82, 2.24) is 10.3 Å². The fourth-order valence-electron chi connectivity index (χ4n) is 1.60. The fourth-order valence-corrected chi connectivity index (χ4v) is 1.83. The topological polar surface area (TPSA) is 79.3 Å². The smallest absolute Gasteiger partial charge is 0.335 e. The lowest BCUT2D eigenvalue weighted by Crippen LogP contribution is -2.23. The number of hydrogen-bond acceptors (Lipinski definition) is 3. The van der Waals surface area contributed by atoms with E-state index in [0.717, 1.165) is 10.0 Å². The van der Waals surface area contributed by atoms with E-state index in [2.05, 4.69) is 26.2 Å². The van der Waals surface area contributed by atoms with Gasteiger partial charge in [0.05, 0.1) is 5.56 Å². The summed E-state index contributed by atoms with van der Waals surface area (Å²) in [7, 11) is 0. The van der Waals surface area contributed by atoms with E-state index in [1.807, 2.05) is 0 Å². The number of carbonyl (C=O) groups is 2. The van der Waals surface area contributed by atoms with Gasteiger partial charge in [-0.25, -0.2) is 9.78 Å². The minimum Gasteiger partial charge on any atom is -0.478 e. The van der Waals surface area contributed by atoms with Crippen molar-refractivity contribution in [3.05, 3.63) is 63.9 Å². The standard InChI is InChI=1S/C14H11BrN2O3/c15-11-4-5-12(16-8-11)13(18)17-7-9-2-1-3-10(6-9)14(19)20/h1-6,8H,7H2,(H,17,18)(H,19,20). The monoisotopic (exact) mass is 334 g/mol. The Bertz CT molecular complexity index is 641. The summed E-state index contributed by atoms with van der Waals surface area (Å²) in [5.74, 6) is -1.30. The van der Waals surface area contributed by atoms with Crippen molar-refractivity contribution in [2.24, 2.45) is 0 Å². The van der Waals surface area contributed by atoms with Gasteiger partial charge in [0, 0.05) is 17.2 Å². The second kappa shape index (κ2) is 6.29. The zero-order valence-corrected chi connectivity index (χ0v) is 11.9. The molecule has 1 aromatic heterocycles. The third-order valence-electron chi connectivity index (χ3n) is 2.59. The first-order valence-corrected chi connectivity index (χ1v) is 6.57. The van der Waals surface area contributed by atoms with Crippen LogP contribution in [0.5, 0.6) is 0 Å². The van der Waals surface area contributed by atoms with Gasteiger partial charge in [0.25, 0.3) is 5.91 Å². The van der Waals surface area contributed by atoms with Crippen molar-refractivity contribution >= 4 is 27.8 Å². The molecular formula is C14H11BrN2O3. The van der Waals surface area contributed by atoms with Gasteiger partial charge in [-0.3, -0.25) is 4.79 Å². The first-order valence-electron chi connectivity index (χ1n) is 5.78. The summed E-state index contributed by atoms with van der Waals surface area (Å²) >= 11 is 3.24. The van der Waals surface area contributed by atoms with Gasteiger partial charge < -0.3 is 10.4 Å². The van der Waals surface area contributed by atoms with Crippen molar-refractivity contribution in [2.45, 2.75) is 6.54 Å². The SMILES string of the molecule is O=C(O)c1cccc(CNC(=O)c2ccc(Br)cn2)c1.